The molecule has 4 bridgehead atoms. The van der Waals surface area contributed by atoms with Gasteiger partial charge < -0.3 is 10.1 Å². The molecule has 43 heavy (non-hydrogen) atoms. The van der Waals surface area contributed by atoms with Crippen LogP contribution in [0.25, 0.3) is 6.08 Å². The number of ether oxygens (including phenoxy) is 1. The van der Waals surface area contributed by atoms with Gasteiger partial charge >= 0.3 is 6.03 Å². The lowest BCUT2D eigenvalue weighted by Crippen LogP contribution is -2.54. The fourth-order valence-electron chi connectivity index (χ4n) is 8.07. The second-order valence-electron chi connectivity index (χ2n) is 12.4. The lowest BCUT2D eigenvalue weighted by Gasteiger charge is -2.57. The first-order valence-electron chi connectivity index (χ1n) is 15.0. The maximum Gasteiger partial charge on any atom is 0.335 e. The zero-order valence-electron chi connectivity index (χ0n) is 23.8. The lowest BCUT2D eigenvalue weighted by atomic mass is 9.48. The summed E-state index contributed by atoms with van der Waals surface area (Å²) >= 11 is 0. The largest absolute Gasteiger partial charge is 0.483 e. The number of imide groups is 2. The molecule has 8 heteroatoms. The van der Waals surface area contributed by atoms with E-state index in [-0.39, 0.29) is 23.5 Å². The SMILES string of the molecule is O=C(COc1ccccc1/C=C1\C(=O)NC(=O)N(c2ccc(C34CC5CC(CC(C5)C3)C4)cc2)C1=O)Nc1ccccc1. The Labute approximate surface area is 250 Å². The van der Waals surface area contributed by atoms with Crippen LogP contribution in [0.1, 0.15) is 49.7 Å². The van der Waals surface area contributed by atoms with Gasteiger partial charge in [-0.05, 0) is 104 Å². The highest BCUT2D eigenvalue weighted by molar-refractivity contribution is 6.39. The summed E-state index contributed by atoms with van der Waals surface area (Å²) in [5.41, 5.74) is 2.77. The quantitative estimate of drug-likeness (QED) is 0.272. The summed E-state index contributed by atoms with van der Waals surface area (Å²) in [4.78, 5) is 52.8. The third-order valence-electron chi connectivity index (χ3n) is 9.51. The van der Waals surface area contributed by atoms with Gasteiger partial charge in [-0.3, -0.25) is 19.7 Å². The Morgan fingerprint density at radius 1 is 0.860 bits per heavy atom. The summed E-state index contributed by atoms with van der Waals surface area (Å²) in [6, 6.07) is 22.8. The van der Waals surface area contributed by atoms with Gasteiger partial charge in [0.05, 0.1) is 5.69 Å². The number of benzene rings is 3. The van der Waals surface area contributed by atoms with E-state index in [0.29, 0.717) is 22.7 Å². The van der Waals surface area contributed by atoms with E-state index in [0.717, 1.165) is 22.7 Å². The minimum absolute atomic E-state index is 0.199. The number of para-hydroxylation sites is 2. The van der Waals surface area contributed by atoms with Gasteiger partial charge in [0.25, 0.3) is 17.7 Å². The Morgan fingerprint density at radius 3 is 2.16 bits per heavy atom. The highest BCUT2D eigenvalue weighted by Gasteiger charge is 2.51. The molecule has 0 unspecified atom stereocenters. The Kier molecular flexibility index (Phi) is 6.84. The minimum Gasteiger partial charge on any atom is -0.483 e. The zero-order valence-corrected chi connectivity index (χ0v) is 23.8. The predicted octanol–water partition coefficient (Wildman–Crippen LogP) is 5.84. The molecule has 5 amide bonds. The molecule has 1 saturated heterocycles. The topological polar surface area (TPSA) is 105 Å². The zero-order chi connectivity index (χ0) is 29.6. The molecule has 8 rings (SSSR count). The highest BCUT2D eigenvalue weighted by atomic mass is 16.5. The molecule has 1 heterocycles. The van der Waals surface area contributed by atoms with Crippen molar-refractivity contribution >= 4 is 41.2 Å². The van der Waals surface area contributed by atoms with Crippen LogP contribution in [0.4, 0.5) is 16.2 Å². The molecular weight excluding hydrogens is 542 g/mol. The normalized spacial score (nSPS) is 26.9. The number of hydrogen-bond donors (Lipinski definition) is 2. The summed E-state index contributed by atoms with van der Waals surface area (Å²) in [6.07, 6.45) is 9.13. The average Bonchev–Trinajstić information content (AvgIpc) is 2.99. The first kappa shape index (κ1) is 27.1. The summed E-state index contributed by atoms with van der Waals surface area (Å²) < 4.78 is 5.75. The van der Waals surface area contributed by atoms with E-state index in [2.05, 4.69) is 22.8 Å². The third kappa shape index (κ3) is 5.22. The molecule has 4 saturated carbocycles. The van der Waals surface area contributed by atoms with Gasteiger partial charge in [-0.2, -0.15) is 0 Å². The molecule has 0 radical (unpaired) electrons. The van der Waals surface area contributed by atoms with Crippen molar-refractivity contribution in [1.29, 1.82) is 0 Å². The van der Waals surface area contributed by atoms with Crippen molar-refractivity contribution in [1.82, 2.24) is 5.32 Å². The maximum absolute atomic E-state index is 13.6. The van der Waals surface area contributed by atoms with Crippen LogP contribution in [0.2, 0.25) is 0 Å². The molecule has 8 nitrogen and oxygen atoms in total. The molecule has 5 aliphatic rings. The van der Waals surface area contributed by atoms with Crippen LogP contribution < -0.4 is 20.3 Å². The molecule has 1 aliphatic heterocycles. The Bertz CT molecular complexity index is 1590. The molecule has 218 valence electrons. The number of carbonyl (C=O) groups is 4. The van der Waals surface area contributed by atoms with Gasteiger partial charge in [0.15, 0.2) is 6.61 Å². The fraction of sp³-hybridized carbons (Fsp3) is 0.314. The number of anilines is 2. The van der Waals surface area contributed by atoms with Crippen molar-refractivity contribution in [3.63, 3.8) is 0 Å². The van der Waals surface area contributed by atoms with Crippen molar-refractivity contribution in [3.05, 3.63) is 95.6 Å². The number of barbiturate groups is 1. The summed E-state index contributed by atoms with van der Waals surface area (Å²) in [5, 5.41) is 5.06. The molecule has 0 atom stereocenters. The van der Waals surface area contributed by atoms with Crippen LogP contribution in [0.3, 0.4) is 0 Å². The number of hydrogen-bond acceptors (Lipinski definition) is 5. The van der Waals surface area contributed by atoms with E-state index >= 15 is 0 Å². The smallest absolute Gasteiger partial charge is 0.335 e. The maximum atomic E-state index is 13.6. The van der Waals surface area contributed by atoms with Crippen LogP contribution >= 0.6 is 0 Å². The molecular formula is C35H33N3O5. The molecule has 0 aromatic heterocycles. The van der Waals surface area contributed by atoms with Gasteiger partial charge in [0, 0.05) is 11.3 Å². The van der Waals surface area contributed by atoms with Gasteiger partial charge in [-0.1, -0.05) is 48.5 Å². The van der Waals surface area contributed by atoms with Gasteiger partial charge in [0.2, 0.25) is 0 Å². The van der Waals surface area contributed by atoms with Crippen molar-refractivity contribution in [2.75, 3.05) is 16.8 Å². The highest BCUT2D eigenvalue weighted by Crippen LogP contribution is 2.60. The summed E-state index contributed by atoms with van der Waals surface area (Å²) in [6.45, 7) is -0.268. The average molecular weight is 576 g/mol. The fourth-order valence-corrected chi connectivity index (χ4v) is 8.07. The Balaban J connectivity index is 1.10. The van der Waals surface area contributed by atoms with Gasteiger partial charge in [-0.15, -0.1) is 0 Å². The number of carbonyl (C=O) groups excluding carboxylic acids is 4. The second kappa shape index (κ2) is 10.8. The first-order chi connectivity index (χ1) is 20.9. The van der Waals surface area contributed by atoms with E-state index in [9.17, 15) is 19.2 Å². The first-order valence-corrected chi connectivity index (χ1v) is 15.0. The van der Waals surface area contributed by atoms with E-state index in [1.165, 1.54) is 50.2 Å². The standard InChI is InChI=1S/C35H33N3O5/c39-31(36-27-7-2-1-3-8-27)21-43-30-9-5-4-6-25(30)17-29-32(40)37-34(42)38(33(29)41)28-12-10-26(11-13-28)35-18-22-14-23(19-35)16-24(15-22)20-35/h1-13,17,22-24H,14-16,18-21H2,(H,36,39)(H,37,40,42)/b29-17+. The number of rotatable bonds is 7. The van der Waals surface area contributed by atoms with Gasteiger partial charge in [0.1, 0.15) is 11.3 Å². The lowest BCUT2D eigenvalue weighted by molar-refractivity contribution is -0.122. The third-order valence-corrected chi connectivity index (χ3v) is 9.51. The van der Waals surface area contributed by atoms with Crippen molar-refractivity contribution in [3.8, 4) is 5.75 Å². The van der Waals surface area contributed by atoms with Crippen LogP contribution in [-0.2, 0) is 19.8 Å². The number of urea groups is 1. The molecule has 5 fully saturated rings. The van der Waals surface area contributed by atoms with Gasteiger partial charge in [-0.25, -0.2) is 9.69 Å². The van der Waals surface area contributed by atoms with Crippen molar-refractivity contribution in [2.24, 2.45) is 17.8 Å². The summed E-state index contributed by atoms with van der Waals surface area (Å²) in [5.74, 6) is 0.898. The van der Waals surface area contributed by atoms with E-state index < -0.39 is 17.8 Å². The molecule has 2 N–H and O–H groups in total. The number of amides is 5. The van der Waals surface area contributed by atoms with E-state index in [1.54, 1.807) is 36.4 Å². The van der Waals surface area contributed by atoms with Crippen LogP contribution in [0.15, 0.2) is 84.4 Å². The van der Waals surface area contributed by atoms with Crippen LogP contribution in [-0.4, -0.2) is 30.4 Å². The number of nitrogens with zero attached hydrogens (tertiary/aromatic N) is 1. The summed E-state index contributed by atoms with van der Waals surface area (Å²) in [7, 11) is 0. The van der Waals surface area contributed by atoms with Crippen LogP contribution in [0, 0.1) is 17.8 Å². The van der Waals surface area contributed by atoms with E-state index in [4.69, 9.17) is 4.74 Å². The Hall–Kier alpha value is -4.72. The second-order valence-corrected chi connectivity index (χ2v) is 12.4. The van der Waals surface area contributed by atoms with Crippen LogP contribution in [0.5, 0.6) is 5.75 Å². The Morgan fingerprint density at radius 2 is 1.49 bits per heavy atom. The molecule has 0 spiro atoms. The molecule has 3 aromatic rings. The molecule has 3 aromatic carbocycles. The molecule has 4 aliphatic carbocycles. The van der Waals surface area contributed by atoms with Crippen molar-refractivity contribution < 1.29 is 23.9 Å². The monoisotopic (exact) mass is 575 g/mol. The predicted molar refractivity (Wildman–Crippen MR) is 162 cm³/mol. The van der Waals surface area contributed by atoms with Crippen molar-refractivity contribution in [2.45, 2.75) is 43.9 Å². The number of nitrogens with one attached hydrogen (secondary N) is 2. The van der Waals surface area contributed by atoms with E-state index in [1.807, 2.05) is 30.3 Å². The minimum atomic E-state index is -0.784.